The van der Waals surface area contributed by atoms with E-state index in [4.69, 9.17) is 9.97 Å². The van der Waals surface area contributed by atoms with Crippen LogP contribution in [0, 0.1) is 47.3 Å². The minimum atomic E-state index is 0.0880. The summed E-state index contributed by atoms with van der Waals surface area (Å²) in [5.41, 5.74) is 11.5. The first-order valence-corrected chi connectivity index (χ1v) is 20.5. The van der Waals surface area contributed by atoms with Gasteiger partial charge in [-0.05, 0) is 158 Å². The average Bonchev–Trinajstić information content (AvgIpc) is 3.17. The summed E-state index contributed by atoms with van der Waals surface area (Å²) in [5, 5.41) is 0. The number of benzene rings is 4. The molecule has 2 aliphatic heterocycles. The topological polar surface area (TPSA) is 32.3 Å². The van der Waals surface area contributed by atoms with Crippen LogP contribution in [0.5, 0.6) is 0 Å². The third kappa shape index (κ3) is 3.47. The number of hydrogen-bond acceptors (Lipinski definition) is 4. The van der Waals surface area contributed by atoms with Gasteiger partial charge < -0.3 is 0 Å². The molecule has 1 aromatic heterocycles. The molecular formula is C48H46N4. The minimum Gasteiger partial charge on any atom is -0.294 e. The molecule has 4 nitrogen and oxygen atoms in total. The average molecular weight is 679 g/mol. The molecule has 0 saturated heterocycles. The van der Waals surface area contributed by atoms with Gasteiger partial charge in [0, 0.05) is 16.9 Å². The van der Waals surface area contributed by atoms with Crippen molar-refractivity contribution in [1.82, 2.24) is 9.97 Å². The second-order valence-corrected chi connectivity index (χ2v) is 18.3. The van der Waals surface area contributed by atoms with E-state index < -0.39 is 0 Å². The molecule has 4 aromatic carbocycles. The molecule has 2 spiro atoms. The maximum Gasteiger partial charge on any atom is 0.143 e. The number of para-hydroxylation sites is 4. The molecular weight excluding hydrogens is 633 g/mol. The lowest BCUT2D eigenvalue weighted by Crippen LogP contribution is -2.57. The second-order valence-electron chi connectivity index (χ2n) is 18.3. The van der Waals surface area contributed by atoms with Crippen LogP contribution in [0.15, 0.2) is 109 Å². The molecule has 0 N–H and O–H groups in total. The third-order valence-corrected chi connectivity index (χ3v) is 16.3. The van der Waals surface area contributed by atoms with E-state index in [-0.39, 0.29) is 10.8 Å². The molecule has 52 heavy (non-hydrogen) atoms. The van der Waals surface area contributed by atoms with E-state index in [2.05, 4.69) is 113 Å². The highest BCUT2D eigenvalue weighted by molar-refractivity contribution is 5.89. The Labute approximate surface area is 307 Å². The van der Waals surface area contributed by atoms with E-state index in [9.17, 15) is 0 Å². The smallest absolute Gasteiger partial charge is 0.143 e. The molecule has 15 rings (SSSR count). The predicted molar refractivity (Wildman–Crippen MR) is 207 cm³/mol. The highest BCUT2D eigenvalue weighted by atomic mass is 15.3. The molecule has 8 bridgehead atoms. The Morgan fingerprint density at radius 1 is 0.385 bits per heavy atom. The molecule has 0 atom stereocenters. The van der Waals surface area contributed by atoms with Gasteiger partial charge in [0.15, 0.2) is 0 Å². The van der Waals surface area contributed by atoms with Crippen LogP contribution in [0.1, 0.15) is 86.5 Å². The Kier molecular flexibility index (Phi) is 5.68. The van der Waals surface area contributed by atoms with Gasteiger partial charge in [-0.2, -0.15) is 0 Å². The molecule has 3 heterocycles. The SMILES string of the molecule is c1ccc2c(c1)N(c1cc(N3c4ccccc4C4(c5ccccc53)C3CC5CC(C3)CC4C5)ncn1)c1ccccc1C21C2CC3CC(C2)CC1C3. The predicted octanol–water partition coefficient (Wildman–Crippen LogP) is 11.5. The summed E-state index contributed by atoms with van der Waals surface area (Å²) < 4.78 is 0. The van der Waals surface area contributed by atoms with Crippen molar-refractivity contribution >= 4 is 34.4 Å². The fourth-order valence-corrected chi connectivity index (χ4v) is 15.3. The molecule has 5 aromatic rings. The van der Waals surface area contributed by atoms with Crippen molar-refractivity contribution in [2.75, 3.05) is 9.80 Å². The van der Waals surface area contributed by atoms with E-state index in [0.717, 1.165) is 35.3 Å². The lowest BCUT2D eigenvalue weighted by molar-refractivity contribution is -0.0419. The van der Waals surface area contributed by atoms with E-state index in [0.29, 0.717) is 23.7 Å². The van der Waals surface area contributed by atoms with Gasteiger partial charge >= 0.3 is 0 Å². The van der Waals surface area contributed by atoms with Crippen LogP contribution in [0.2, 0.25) is 0 Å². The first-order valence-electron chi connectivity index (χ1n) is 20.5. The van der Waals surface area contributed by atoms with Gasteiger partial charge in [-0.1, -0.05) is 72.8 Å². The van der Waals surface area contributed by atoms with Crippen molar-refractivity contribution < 1.29 is 0 Å². The van der Waals surface area contributed by atoms with Crippen molar-refractivity contribution in [3.05, 3.63) is 132 Å². The standard InChI is InChI=1S/C48H46N4/c1-5-13-41-37(9-1)47(33-19-29-17-30(21-33)22-34(47)20-29)38-10-2-6-14-42(38)51(41)45-27-46(50-28-49-45)52-43-15-7-3-11-39(43)48(40-12-4-8-16-44(40)52)35-23-31-18-32(25-35)26-36(48)24-31/h1-16,27-36H,17-26H2. The lowest BCUT2D eigenvalue weighted by atomic mass is 9.41. The van der Waals surface area contributed by atoms with Crippen LogP contribution in [-0.4, -0.2) is 9.97 Å². The number of rotatable bonds is 2. The first-order chi connectivity index (χ1) is 25.7. The van der Waals surface area contributed by atoms with E-state index in [1.807, 2.05) is 6.33 Å². The van der Waals surface area contributed by atoms with Crippen LogP contribution in [0.25, 0.3) is 0 Å². The molecule has 8 saturated carbocycles. The Balaban J connectivity index is 0.987. The largest absolute Gasteiger partial charge is 0.294 e. The quantitative estimate of drug-likeness (QED) is 0.186. The number of anilines is 6. The van der Waals surface area contributed by atoms with Crippen LogP contribution in [0.3, 0.4) is 0 Å². The van der Waals surface area contributed by atoms with Gasteiger partial charge in [-0.15, -0.1) is 0 Å². The van der Waals surface area contributed by atoms with E-state index >= 15 is 0 Å². The highest BCUT2D eigenvalue weighted by Gasteiger charge is 2.63. The summed E-state index contributed by atoms with van der Waals surface area (Å²) in [6.07, 6.45) is 15.8. The van der Waals surface area contributed by atoms with Crippen LogP contribution >= 0.6 is 0 Å². The summed E-state index contributed by atoms with van der Waals surface area (Å²) >= 11 is 0. The Morgan fingerprint density at radius 2 is 0.673 bits per heavy atom. The summed E-state index contributed by atoms with van der Waals surface area (Å²) in [5.74, 6) is 8.45. The van der Waals surface area contributed by atoms with Crippen molar-refractivity contribution in [3.63, 3.8) is 0 Å². The van der Waals surface area contributed by atoms with Crippen molar-refractivity contribution in [3.8, 4) is 0 Å². The Bertz CT molecular complexity index is 1980. The van der Waals surface area contributed by atoms with Gasteiger partial charge in [0.25, 0.3) is 0 Å². The molecule has 8 aliphatic carbocycles. The summed E-state index contributed by atoms with van der Waals surface area (Å²) in [7, 11) is 0. The van der Waals surface area contributed by atoms with Gasteiger partial charge in [-0.25, -0.2) is 9.97 Å². The molecule has 0 radical (unpaired) electrons. The second kappa shape index (κ2) is 10.2. The Morgan fingerprint density at radius 3 is 0.981 bits per heavy atom. The van der Waals surface area contributed by atoms with Crippen LogP contribution < -0.4 is 9.80 Å². The zero-order valence-electron chi connectivity index (χ0n) is 29.9. The molecule has 4 heteroatoms. The maximum absolute atomic E-state index is 5.12. The molecule has 0 unspecified atom stereocenters. The Hall–Kier alpha value is -4.44. The van der Waals surface area contributed by atoms with Gasteiger partial charge in [0.05, 0.1) is 22.7 Å². The van der Waals surface area contributed by atoms with Gasteiger partial charge in [0.2, 0.25) is 0 Å². The number of hydrogen-bond donors (Lipinski definition) is 0. The first kappa shape index (κ1) is 29.1. The summed E-state index contributed by atoms with van der Waals surface area (Å²) in [6.45, 7) is 0. The van der Waals surface area contributed by atoms with E-state index in [1.54, 1.807) is 0 Å². The maximum atomic E-state index is 5.12. The van der Waals surface area contributed by atoms with Crippen molar-refractivity contribution in [1.29, 1.82) is 0 Å². The highest BCUT2D eigenvalue weighted by Crippen LogP contribution is 2.71. The lowest BCUT2D eigenvalue weighted by Gasteiger charge is -2.64. The number of fused-ring (bicyclic) bond motifs is 4. The fourth-order valence-electron chi connectivity index (χ4n) is 15.3. The molecule has 8 fully saturated rings. The fraction of sp³-hybridized carbons (Fsp3) is 0.417. The van der Waals surface area contributed by atoms with Crippen LogP contribution in [-0.2, 0) is 10.8 Å². The van der Waals surface area contributed by atoms with Gasteiger partial charge in [0.1, 0.15) is 18.0 Å². The van der Waals surface area contributed by atoms with Crippen molar-refractivity contribution in [2.24, 2.45) is 47.3 Å². The molecule has 10 aliphatic rings. The zero-order valence-corrected chi connectivity index (χ0v) is 29.9. The van der Waals surface area contributed by atoms with Crippen LogP contribution in [0.4, 0.5) is 34.4 Å². The monoisotopic (exact) mass is 678 g/mol. The molecule has 258 valence electrons. The van der Waals surface area contributed by atoms with E-state index in [1.165, 1.54) is 109 Å². The number of nitrogens with zero attached hydrogens (tertiary/aromatic N) is 4. The summed E-state index contributed by atoms with van der Waals surface area (Å²) in [6, 6.07) is 39.9. The molecule has 0 amide bonds. The van der Waals surface area contributed by atoms with Crippen molar-refractivity contribution in [2.45, 2.75) is 75.0 Å². The zero-order chi connectivity index (χ0) is 33.8. The summed E-state index contributed by atoms with van der Waals surface area (Å²) in [4.78, 5) is 15.2. The minimum absolute atomic E-state index is 0.0880. The third-order valence-electron chi connectivity index (χ3n) is 16.3. The normalized spacial score (nSPS) is 32.8. The number of aromatic nitrogens is 2. The van der Waals surface area contributed by atoms with Gasteiger partial charge in [-0.3, -0.25) is 9.80 Å².